The van der Waals surface area contributed by atoms with Crippen LogP contribution >= 0.6 is 15.9 Å². The van der Waals surface area contributed by atoms with Crippen molar-refractivity contribution >= 4 is 33.5 Å². The first-order valence-corrected chi connectivity index (χ1v) is 9.38. The number of hydrogen-bond acceptors (Lipinski definition) is 3. The Balaban J connectivity index is 1.78. The number of allylic oxidation sites excluding steroid dienone is 1. The highest BCUT2D eigenvalue weighted by Crippen LogP contribution is 2.29. The monoisotopic (exact) mass is 451 g/mol. The fourth-order valence-electron chi connectivity index (χ4n) is 2.63. The van der Waals surface area contributed by atoms with Crippen LogP contribution in [0.4, 0.5) is 4.39 Å². The van der Waals surface area contributed by atoms with Crippen molar-refractivity contribution in [1.29, 1.82) is 5.26 Å². The van der Waals surface area contributed by atoms with Crippen molar-refractivity contribution in [3.8, 4) is 11.8 Å². The third kappa shape index (κ3) is 5.09. The molecular formula is C23H15BrFNO3. The summed E-state index contributed by atoms with van der Waals surface area (Å²) in [6, 6.07) is 20.0. The number of nitrogens with zero attached hydrogens (tertiary/aromatic N) is 1. The molecule has 1 N–H and O–H groups in total. The Morgan fingerprint density at radius 1 is 1.10 bits per heavy atom. The molecule has 4 nitrogen and oxygen atoms in total. The molecule has 0 heterocycles. The van der Waals surface area contributed by atoms with Crippen LogP contribution in [-0.4, -0.2) is 11.1 Å². The number of hydrogen-bond donors (Lipinski definition) is 1. The number of nitriles is 1. The van der Waals surface area contributed by atoms with Gasteiger partial charge in [0.2, 0.25) is 0 Å². The van der Waals surface area contributed by atoms with E-state index in [1.54, 1.807) is 54.6 Å². The Hall–Kier alpha value is -3.43. The van der Waals surface area contributed by atoms with Crippen LogP contribution in [0, 0.1) is 17.1 Å². The van der Waals surface area contributed by atoms with E-state index in [4.69, 9.17) is 9.84 Å². The lowest BCUT2D eigenvalue weighted by atomic mass is 10.0. The van der Waals surface area contributed by atoms with Gasteiger partial charge < -0.3 is 9.84 Å². The normalized spacial score (nSPS) is 11.0. The number of rotatable bonds is 6. The van der Waals surface area contributed by atoms with Gasteiger partial charge >= 0.3 is 5.97 Å². The second-order valence-electron chi connectivity index (χ2n) is 6.12. The molecule has 3 aromatic rings. The fourth-order valence-corrected chi connectivity index (χ4v) is 3.15. The SMILES string of the molecule is N#CC(=Cc1ccc(OCc2ccccc2F)c(Br)c1)c1ccc(C(=O)O)cc1. The van der Waals surface area contributed by atoms with Crippen LogP contribution in [0.2, 0.25) is 0 Å². The van der Waals surface area contributed by atoms with Crippen LogP contribution < -0.4 is 4.74 Å². The van der Waals surface area contributed by atoms with Gasteiger partial charge in [0.05, 0.1) is 21.7 Å². The highest BCUT2D eigenvalue weighted by atomic mass is 79.9. The summed E-state index contributed by atoms with van der Waals surface area (Å²) >= 11 is 3.44. The zero-order valence-electron chi connectivity index (χ0n) is 15.1. The number of carbonyl (C=O) groups is 1. The van der Waals surface area contributed by atoms with Crippen LogP contribution in [0.3, 0.4) is 0 Å². The maximum Gasteiger partial charge on any atom is 0.335 e. The van der Waals surface area contributed by atoms with Gasteiger partial charge in [-0.2, -0.15) is 5.26 Å². The van der Waals surface area contributed by atoms with Crippen molar-refractivity contribution in [1.82, 2.24) is 0 Å². The predicted octanol–water partition coefficient (Wildman–Crippen LogP) is 5.93. The maximum absolute atomic E-state index is 13.7. The molecular weight excluding hydrogens is 437 g/mol. The molecule has 0 amide bonds. The second-order valence-corrected chi connectivity index (χ2v) is 6.98. The smallest absolute Gasteiger partial charge is 0.335 e. The van der Waals surface area contributed by atoms with Crippen LogP contribution in [0.15, 0.2) is 71.2 Å². The molecule has 3 aromatic carbocycles. The van der Waals surface area contributed by atoms with Gasteiger partial charge in [-0.15, -0.1) is 0 Å². The molecule has 3 rings (SSSR count). The average Bonchev–Trinajstić information content (AvgIpc) is 2.72. The fraction of sp³-hybridized carbons (Fsp3) is 0.0435. The lowest BCUT2D eigenvalue weighted by molar-refractivity contribution is 0.0697. The molecule has 0 radical (unpaired) electrons. The van der Waals surface area contributed by atoms with Gasteiger partial charge in [-0.3, -0.25) is 0 Å². The maximum atomic E-state index is 13.7. The lowest BCUT2D eigenvalue weighted by Gasteiger charge is -2.10. The van der Waals surface area contributed by atoms with E-state index in [1.807, 2.05) is 0 Å². The van der Waals surface area contributed by atoms with Crippen LogP contribution in [0.1, 0.15) is 27.0 Å². The van der Waals surface area contributed by atoms with E-state index in [0.29, 0.717) is 26.9 Å². The van der Waals surface area contributed by atoms with Gasteiger partial charge in [0.25, 0.3) is 0 Å². The van der Waals surface area contributed by atoms with E-state index in [-0.39, 0.29) is 18.0 Å². The van der Waals surface area contributed by atoms with Crippen LogP contribution in [0.5, 0.6) is 5.75 Å². The Labute approximate surface area is 175 Å². The summed E-state index contributed by atoms with van der Waals surface area (Å²) in [5.74, 6) is -0.792. The third-order valence-electron chi connectivity index (χ3n) is 4.17. The van der Waals surface area contributed by atoms with Crippen molar-refractivity contribution in [3.05, 3.63) is 99.3 Å². The Morgan fingerprint density at radius 3 is 2.41 bits per heavy atom. The number of carboxylic acid groups (broad SMARTS) is 1. The molecule has 144 valence electrons. The Kier molecular flexibility index (Phi) is 6.43. The van der Waals surface area contributed by atoms with Crippen molar-refractivity contribution in [2.45, 2.75) is 6.61 Å². The zero-order chi connectivity index (χ0) is 20.8. The first-order valence-electron chi connectivity index (χ1n) is 8.59. The molecule has 6 heteroatoms. The minimum absolute atomic E-state index is 0.0971. The summed E-state index contributed by atoms with van der Waals surface area (Å²) in [5.41, 5.74) is 2.39. The highest BCUT2D eigenvalue weighted by Gasteiger charge is 2.08. The van der Waals surface area contributed by atoms with Crippen molar-refractivity contribution in [2.75, 3.05) is 0 Å². The second kappa shape index (κ2) is 9.18. The van der Waals surface area contributed by atoms with Crippen LogP contribution in [-0.2, 0) is 6.61 Å². The molecule has 0 aliphatic rings. The first-order chi connectivity index (χ1) is 14.0. The Morgan fingerprint density at radius 2 is 1.79 bits per heavy atom. The quantitative estimate of drug-likeness (QED) is 0.372. The molecule has 0 saturated heterocycles. The van der Waals surface area contributed by atoms with E-state index >= 15 is 0 Å². The standard InChI is InChI=1S/C23H15BrFNO3/c24-20-12-15(5-10-22(20)29-14-18-3-1-2-4-21(18)25)11-19(13-26)16-6-8-17(9-7-16)23(27)28/h1-12H,14H2,(H,27,28). The van der Waals surface area contributed by atoms with E-state index < -0.39 is 5.97 Å². The molecule has 0 fully saturated rings. The van der Waals surface area contributed by atoms with Gasteiger partial charge in [0.15, 0.2) is 0 Å². The zero-order valence-corrected chi connectivity index (χ0v) is 16.7. The van der Waals surface area contributed by atoms with Crippen molar-refractivity contribution in [2.24, 2.45) is 0 Å². The predicted molar refractivity (Wildman–Crippen MR) is 112 cm³/mol. The molecule has 29 heavy (non-hydrogen) atoms. The van der Waals surface area contributed by atoms with Gasteiger partial charge in [0.1, 0.15) is 18.2 Å². The molecule has 0 atom stereocenters. The third-order valence-corrected chi connectivity index (χ3v) is 4.79. The molecule has 0 aliphatic heterocycles. The van der Waals surface area contributed by atoms with E-state index in [1.165, 1.54) is 18.2 Å². The Bertz CT molecular complexity index is 1120. The topological polar surface area (TPSA) is 70.3 Å². The summed E-state index contributed by atoms with van der Waals surface area (Å²) in [7, 11) is 0. The summed E-state index contributed by atoms with van der Waals surface area (Å²) in [6.45, 7) is 0.0971. The number of benzene rings is 3. The van der Waals surface area contributed by atoms with Gasteiger partial charge in [-0.1, -0.05) is 36.4 Å². The summed E-state index contributed by atoms with van der Waals surface area (Å²) in [6.07, 6.45) is 1.70. The number of halogens is 2. The number of ether oxygens (including phenoxy) is 1. The molecule has 0 spiro atoms. The average molecular weight is 452 g/mol. The number of carboxylic acids is 1. The number of aromatic carboxylic acids is 1. The molecule has 0 unspecified atom stereocenters. The first kappa shape index (κ1) is 20.3. The van der Waals surface area contributed by atoms with E-state index in [2.05, 4.69) is 22.0 Å². The molecule has 0 aliphatic carbocycles. The molecule has 0 bridgehead atoms. The highest BCUT2D eigenvalue weighted by molar-refractivity contribution is 9.10. The summed E-state index contributed by atoms with van der Waals surface area (Å²) in [5, 5.41) is 18.5. The largest absolute Gasteiger partial charge is 0.488 e. The van der Waals surface area contributed by atoms with Gasteiger partial charge in [-0.25, -0.2) is 9.18 Å². The van der Waals surface area contributed by atoms with Crippen LogP contribution in [0.25, 0.3) is 11.6 Å². The molecule has 0 saturated carbocycles. The lowest BCUT2D eigenvalue weighted by Crippen LogP contribution is -1.98. The van der Waals surface area contributed by atoms with Gasteiger partial charge in [-0.05, 0) is 63.5 Å². The summed E-state index contributed by atoms with van der Waals surface area (Å²) in [4.78, 5) is 11.0. The minimum atomic E-state index is -1.02. The van der Waals surface area contributed by atoms with Crippen molar-refractivity contribution < 1.29 is 19.0 Å². The van der Waals surface area contributed by atoms with Crippen molar-refractivity contribution in [3.63, 3.8) is 0 Å². The minimum Gasteiger partial charge on any atom is -0.488 e. The molecule has 0 aromatic heterocycles. The van der Waals surface area contributed by atoms with E-state index in [0.717, 1.165) is 5.56 Å². The summed E-state index contributed by atoms with van der Waals surface area (Å²) < 4.78 is 20.1. The van der Waals surface area contributed by atoms with Gasteiger partial charge in [0, 0.05) is 5.56 Å². The van der Waals surface area contributed by atoms with E-state index in [9.17, 15) is 14.4 Å².